The largest absolute Gasteiger partial charge is 0.486 e. The second kappa shape index (κ2) is 8.29. The molecule has 1 aliphatic heterocycles. The first-order chi connectivity index (χ1) is 12.5. The molecular formula is C18H15Cl2NO5. The molecule has 6 nitrogen and oxygen atoms in total. The van der Waals surface area contributed by atoms with Crippen molar-refractivity contribution in [2.75, 3.05) is 19.8 Å². The Labute approximate surface area is 159 Å². The van der Waals surface area contributed by atoms with Crippen LogP contribution in [0.15, 0.2) is 42.5 Å². The molecule has 0 aliphatic carbocycles. The third-order valence-electron chi connectivity index (χ3n) is 3.58. The summed E-state index contributed by atoms with van der Waals surface area (Å²) in [6, 6.07) is 11.7. The Balaban J connectivity index is 1.44. The normalized spacial score (nSPS) is 15.2. The lowest BCUT2D eigenvalue weighted by Gasteiger charge is -2.26. The van der Waals surface area contributed by atoms with E-state index in [0.29, 0.717) is 23.1 Å². The van der Waals surface area contributed by atoms with E-state index in [4.69, 9.17) is 37.4 Å². The van der Waals surface area contributed by atoms with Gasteiger partial charge in [-0.15, -0.1) is 0 Å². The lowest BCUT2D eigenvalue weighted by atomic mass is 10.2. The molecule has 3 rings (SSSR count). The summed E-state index contributed by atoms with van der Waals surface area (Å²) in [6.45, 7) is 0.117. The Morgan fingerprint density at radius 3 is 2.69 bits per heavy atom. The molecule has 26 heavy (non-hydrogen) atoms. The number of carbonyl (C=O) groups excluding carboxylic acids is 2. The minimum Gasteiger partial charge on any atom is -0.486 e. The molecule has 0 saturated heterocycles. The third-order valence-corrected chi connectivity index (χ3v) is 4.13. The van der Waals surface area contributed by atoms with Crippen molar-refractivity contribution in [3.63, 3.8) is 0 Å². The lowest BCUT2D eigenvalue weighted by molar-refractivity contribution is -0.124. The van der Waals surface area contributed by atoms with E-state index < -0.39 is 18.5 Å². The Bertz CT molecular complexity index is 827. The molecule has 0 unspecified atom stereocenters. The van der Waals surface area contributed by atoms with Crippen molar-refractivity contribution in [2.24, 2.45) is 0 Å². The maximum atomic E-state index is 12.0. The number of para-hydroxylation sites is 2. The minimum atomic E-state index is -0.701. The van der Waals surface area contributed by atoms with Crippen molar-refractivity contribution in [2.45, 2.75) is 6.10 Å². The van der Waals surface area contributed by atoms with E-state index in [1.807, 2.05) is 18.2 Å². The third kappa shape index (κ3) is 4.59. The number of fused-ring (bicyclic) bond motifs is 1. The van der Waals surface area contributed by atoms with Gasteiger partial charge in [-0.3, -0.25) is 4.79 Å². The van der Waals surface area contributed by atoms with Crippen molar-refractivity contribution < 1.29 is 23.8 Å². The van der Waals surface area contributed by atoms with E-state index in [2.05, 4.69) is 5.32 Å². The molecule has 0 bridgehead atoms. The maximum absolute atomic E-state index is 12.0. The molecule has 1 atom stereocenters. The van der Waals surface area contributed by atoms with E-state index >= 15 is 0 Å². The molecule has 1 heterocycles. The lowest BCUT2D eigenvalue weighted by Crippen LogP contribution is -2.42. The van der Waals surface area contributed by atoms with Gasteiger partial charge in [0, 0.05) is 5.02 Å². The molecule has 0 saturated carbocycles. The highest BCUT2D eigenvalue weighted by Crippen LogP contribution is 2.30. The highest BCUT2D eigenvalue weighted by atomic mass is 35.5. The van der Waals surface area contributed by atoms with Gasteiger partial charge in [-0.2, -0.15) is 0 Å². The number of amides is 1. The number of ether oxygens (including phenoxy) is 3. The minimum absolute atomic E-state index is 0.143. The van der Waals surface area contributed by atoms with Gasteiger partial charge in [0.15, 0.2) is 18.1 Å². The van der Waals surface area contributed by atoms with Crippen LogP contribution in [0, 0.1) is 0 Å². The predicted molar refractivity (Wildman–Crippen MR) is 96.1 cm³/mol. The van der Waals surface area contributed by atoms with E-state index in [1.165, 1.54) is 18.2 Å². The van der Waals surface area contributed by atoms with Gasteiger partial charge in [-0.25, -0.2) is 4.79 Å². The van der Waals surface area contributed by atoms with Crippen molar-refractivity contribution in [3.8, 4) is 11.5 Å². The molecular weight excluding hydrogens is 381 g/mol. The van der Waals surface area contributed by atoms with Gasteiger partial charge >= 0.3 is 5.97 Å². The fraction of sp³-hybridized carbons (Fsp3) is 0.222. The summed E-state index contributed by atoms with van der Waals surface area (Å²) in [4.78, 5) is 23.8. The second-order valence-electron chi connectivity index (χ2n) is 5.50. The molecule has 0 radical (unpaired) electrons. The van der Waals surface area contributed by atoms with E-state index in [0.717, 1.165) is 0 Å². The van der Waals surface area contributed by atoms with Crippen LogP contribution in [0.4, 0.5) is 0 Å². The number of hydrogen-bond acceptors (Lipinski definition) is 5. The van der Waals surface area contributed by atoms with Crippen LogP contribution in [-0.2, 0) is 9.53 Å². The van der Waals surface area contributed by atoms with Crippen LogP contribution in [0.2, 0.25) is 10.0 Å². The summed E-state index contributed by atoms with van der Waals surface area (Å²) < 4.78 is 16.2. The first-order valence-corrected chi connectivity index (χ1v) is 8.56. The van der Waals surface area contributed by atoms with Crippen LogP contribution >= 0.6 is 23.2 Å². The second-order valence-corrected chi connectivity index (χ2v) is 6.35. The van der Waals surface area contributed by atoms with E-state index in [1.54, 1.807) is 6.07 Å². The van der Waals surface area contributed by atoms with Gasteiger partial charge < -0.3 is 19.5 Å². The molecule has 1 aliphatic rings. The predicted octanol–water partition coefficient (Wildman–Crippen LogP) is 3.11. The molecule has 8 heteroatoms. The van der Waals surface area contributed by atoms with Crippen molar-refractivity contribution in [3.05, 3.63) is 58.1 Å². The number of benzene rings is 2. The highest BCUT2D eigenvalue weighted by molar-refractivity contribution is 6.36. The molecule has 1 N–H and O–H groups in total. The van der Waals surface area contributed by atoms with E-state index in [9.17, 15) is 9.59 Å². The van der Waals surface area contributed by atoms with Crippen LogP contribution in [0.3, 0.4) is 0 Å². The Morgan fingerprint density at radius 2 is 1.92 bits per heavy atom. The van der Waals surface area contributed by atoms with Gasteiger partial charge in [0.2, 0.25) is 0 Å². The van der Waals surface area contributed by atoms with Crippen molar-refractivity contribution >= 4 is 35.1 Å². The monoisotopic (exact) mass is 395 g/mol. The summed E-state index contributed by atoms with van der Waals surface area (Å²) in [5.74, 6) is 0.143. The van der Waals surface area contributed by atoms with Crippen LogP contribution in [0.5, 0.6) is 11.5 Å². The Kier molecular flexibility index (Phi) is 5.85. The van der Waals surface area contributed by atoms with Gasteiger partial charge in [0.25, 0.3) is 5.91 Å². The topological polar surface area (TPSA) is 73.9 Å². The highest BCUT2D eigenvalue weighted by Gasteiger charge is 2.21. The van der Waals surface area contributed by atoms with E-state index in [-0.39, 0.29) is 23.2 Å². The Hall–Kier alpha value is -2.44. The van der Waals surface area contributed by atoms with Crippen LogP contribution in [-0.4, -0.2) is 37.7 Å². The number of halogens is 2. The van der Waals surface area contributed by atoms with Gasteiger partial charge in [-0.1, -0.05) is 35.3 Å². The summed E-state index contributed by atoms with van der Waals surface area (Å²) in [5.41, 5.74) is 0.143. The SMILES string of the molecule is O=C(COC(=O)c1ccc(Cl)cc1Cl)NC[C@H]1COc2ccccc2O1. The zero-order chi connectivity index (χ0) is 18.5. The van der Waals surface area contributed by atoms with Crippen molar-refractivity contribution in [1.82, 2.24) is 5.32 Å². The number of esters is 1. The van der Waals surface area contributed by atoms with Crippen LogP contribution in [0.25, 0.3) is 0 Å². The molecule has 136 valence electrons. The fourth-order valence-electron chi connectivity index (χ4n) is 2.31. The number of rotatable bonds is 5. The zero-order valence-electron chi connectivity index (χ0n) is 13.5. The van der Waals surface area contributed by atoms with Gasteiger partial charge in [0.05, 0.1) is 17.1 Å². The number of carbonyl (C=O) groups is 2. The zero-order valence-corrected chi connectivity index (χ0v) is 15.0. The van der Waals surface area contributed by atoms with Gasteiger partial charge in [0.1, 0.15) is 12.7 Å². The summed E-state index contributed by atoms with van der Waals surface area (Å²) in [6.07, 6.45) is -0.324. The standard InChI is InChI=1S/C18H15Cl2NO5/c19-11-5-6-13(14(20)7-11)18(23)25-10-17(22)21-8-12-9-24-15-3-1-2-4-16(15)26-12/h1-7,12H,8-10H2,(H,21,22)/t12-/m0/s1. The molecule has 0 spiro atoms. The van der Waals surface area contributed by atoms with Crippen molar-refractivity contribution in [1.29, 1.82) is 0 Å². The summed E-state index contributed by atoms with van der Waals surface area (Å²) >= 11 is 11.7. The molecule has 2 aromatic rings. The quantitative estimate of drug-likeness (QED) is 0.787. The molecule has 0 aromatic heterocycles. The first-order valence-electron chi connectivity index (χ1n) is 7.80. The maximum Gasteiger partial charge on any atom is 0.340 e. The summed E-state index contributed by atoms with van der Waals surface area (Å²) in [7, 11) is 0. The van der Waals surface area contributed by atoms with Gasteiger partial charge in [-0.05, 0) is 30.3 Å². The smallest absolute Gasteiger partial charge is 0.340 e. The fourth-order valence-corrected chi connectivity index (χ4v) is 2.79. The first kappa shape index (κ1) is 18.4. The number of nitrogens with one attached hydrogen (secondary N) is 1. The van der Waals surface area contributed by atoms with Crippen LogP contribution in [0.1, 0.15) is 10.4 Å². The van der Waals surface area contributed by atoms with Crippen LogP contribution < -0.4 is 14.8 Å². The average Bonchev–Trinajstić information content (AvgIpc) is 2.64. The summed E-state index contributed by atoms with van der Waals surface area (Å²) in [5, 5.41) is 3.20. The Morgan fingerprint density at radius 1 is 1.15 bits per heavy atom. The molecule has 2 aromatic carbocycles. The number of hydrogen-bond donors (Lipinski definition) is 1. The molecule has 1 amide bonds. The average molecular weight is 396 g/mol. The molecule has 0 fully saturated rings.